The second-order valence-corrected chi connectivity index (χ2v) is 33.1. The summed E-state index contributed by atoms with van der Waals surface area (Å²) in [6, 6.07) is 0. The molecule has 0 fully saturated rings. The van der Waals surface area contributed by atoms with Gasteiger partial charge in [0.25, 0.3) is 0 Å². The number of phosphoric acid groups is 2. The predicted molar refractivity (Wildman–Crippen MR) is 414 cm³/mol. The summed E-state index contributed by atoms with van der Waals surface area (Å²) in [5, 5.41) is 10.6. The summed E-state index contributed by atoms with van der Waals surface area (Å²) in [7, 11) is -9.91. The van der Waals surface area contributed by atoms with Gasteiger partial charge in [-0.2, -0.15) is 0 Å². The third-order valence-electron chi connectivity index (χ3n) is 19.6. The fourth-order valence-corrected chi connectivity index (χ4v) is 14.3. The van der Waals surface area contributed by atoms with Crippen LogP contribution in [0.3, 0.4) is 0 Å². The van der Waals surface area contributed by atoms with Gasteiger partial charge in [0.05, 0.1) is 26.4 Å². The molecule has 0 bridgehead atoms. The molecule has 3 N–H and O–H groups in total. The minimum absolute atomic E-state index is 0.107. The van der Waals surface area contributed by atoms with Crippen molar-refractivity contribution in [3.05, 3.63) is 0 Å². The molecule has 0 rings (SSSR count). The van der Waals surface area contributed by atoms with Crippen LogP contribution in [0.1, 0.15) is 433 Å². The molecule has 0 aromatic heterocycles. The van der Waals surface area contributed by atoms with Gasteiger partial charge in [-0.15, -0.1) is 0 Å². The number of hydrogen-bond donors (Lipinski definition) is 3. The Bertz CT molecular complexity index is 1940. The highest BCUT2D eigenvalue weighted by atomic mass is 31.2. The molecule has 0 aromatic rings. The van der Waals surface area contributed by atoms with Crippen molar-refractivity contribution >= 4 is 39.5 Å². The van der Waals surface area contributed by atoms with Crippen LogP contribution in [0.2, 0.25) is 0 Å². The van der Waals surface area contributed by atoms with Crippen molar-refractivity contribution in [2.45, 2.75) is 452 Å². The highest BCUT2D eigenvalue weighted by Gasteiger charge is 2.30. The first kappa shape index (κ1) is 99.1. The average Bonchev–Trinajstić information content (AvgIpc) is 0.975. The third kappa shape index (κ3) is 74.7. The van der Waals surface area contributed by atoms with Gasteiger partial charge in [-0.25, -0.2) is 9.13 Å². The Hall–Kier alpha value is -1.94. The second kappa shape index (κ2) is 73.6. The molecular weight excluding hydrogens is 1320 g/mol. The Morgan fingerprint density at radius 3 is 0.752 bits per heavy atom. The third-order valence-corrected chi connectivity index (χ3v) is 21.5. The van der Waals surface area contributed by atoms with E-state index in [0.717, 1.165) is 108 Å². The van der Waals surface area contributed by atoms with Crippen molar-refractivity contribution in [1.82, 2.24) is 0 Å². The monoisotopic (exact) mass is 1480 g/mol. The summed E-state index contributed by atoms with van der Waals surface area (Å²) in [5.41, 5.74) is 0. The maximum Gasteiger partial charge on any atom is 0.472 e. The number of phosphoric ester groups is 2. The number of hydrogen-bond acceptors (Lipinski definition) is 15. The molecular formula is C82H160O17P2. The van der Waals surface area contributed by atoms with Crippen LogP contribution in [-0.2, 0) is 65.4 Å². The second-order valence-electron chi connectivity index (χ2n) is 30.2. The normalized spacial score (nSPS) is 14.2. The Labute approximate surface area is 619 Å². The van der Waals surface area contributed by atoms with Crippen LogP contribution in [0.25, 0.3) is 0 Å². The quantitative estimate of drug-likeness (QED) is 0.0222. The summed E-state index contributed by atoms with van der Waals surface area (Å²) in [6.07, 6.45) is 64.3. The first-order valence-electron chi connectivity index (χ1n) is 42.5. The summed E-state index contributed by atoms with van der Waals surface area (Å²) >= 11 is 0. The van der Waals surface area contributed by atoms with Crippen LogP contribution in [0.15, 0.2) is 0 Å². The molecule has 0 aliphatic carbocycles. The van der Waals surface area contributed by atoms with Gasteiger partial charge in [-0.3, -0.25) is 37.3 Å². The van der Waals surface area contributed by atoms with Gasteiger partial charge in [0.2, 0.25) is 0 Å². The van der Waals surface area contributed by atoms with E-state index in [1.54, 1.807) is 0 Å². The number of esters is 4. The van der Waals surface area contributed by atoms with Crippen molar-refractivity contribution in [2.75, 3.05) is 39.6 Å². The molecule has 0 radical (unpaired) electrons. The highest BCUT2D eigenvalue weighted by molar-refractivity contribution is 7.47. The molecule has 0 aliphatic rings. The van der Waals surface area contributed by atoms with Gasteiger partial charge >= 0.3 is 39.5 Å². The number of carbonyl (C=O) groups is 4. The van der Waals surface area contributed by atoms with Crippen molar-refractivity contribution < 1.29 is 80.2 Å². The van der Waals surface area contributed by atoms with Gasteiger partial charge in [0, 0.05) is 25.7 Å². The zero-order valence-electron chi connectivity index (χ0n) is 66.2. The molecule has 6 atom stereocenters. The van der Waals surface area contributed by atoms with E-state index in [1.165, 1.54) is 244 Å². The smallest absolute Gasteiger partial charge is 0.462 e. The zero-order chi connectivity index (χ0) is 74.2. The molecule has 0 amide bonds. The molecule has 0 saturated heterocycles. The molecule has 17 nitrogen and oxygen atoms in total. The molecule has 0 spiro atoms. The maximum atomic E-state index is 13.1. The lowest BCUT2D eigenvalue weighted by molar-refractivity contribution is -0.161. The van der Waals surface area contributed by atoms with Crippen LogP contribution >= 0.6 is 15.6 Å². The zero-order valence-corrected chi connectivity index (χ0v) is 68.0. The lowest BCUT2D eigenvalue weighted by atomic mass is 9.99. The minimum atomic E-state index is -4.96. The highest BCUT2D eigenvalue weighted by Crippen LogP contribution is 2.45. The van der Waals surface area contributed by atoms with Crippen LogP contribution in [0.4, 0.5) is 0 Å². The fraction of sp³-hybridized carbons (Fsp3) is 0.951. The minimum Gasteiger partial charge on any atom is -0.462 e. The first-order chi connectivity index (χ1) is 48.9. The molecule has 0 heterocycles. The predicted octanol–water partition coefficient (Wildman–Crippen LogP) is 24.7. The molecule has 0 aromatic carbocycles. The van der Waals surface area contributed by atoms with Crippen molar-refractivity contribution in [1.29, 1.82) is 0 Å². The lowest BCUT2D eigenvalue weighted by Crippen LogP contribution is -2.30. The average molecular weight is 1480 g/mol. The number of aliphatic hydroxyl groups is 1. The molecule has 0 aliphatic heterocycles. The topological polar surface area (TPSA) is 237 Å². The van der Waals surface area contributed by atoms with Gasteiger partial charge in [-0.1, -0.05) is 382 Å². The van der Waals surface area contributed by atoms with E-state index >= 15 is 0 Å². The van der Waals surface area contributed by atoms with Gasteiger partial charge < -0.3 is 33.8 Å². The Morgan fingerprint density at radius 2 is 0.505 bits per heavy atom. The summed E-state index contributed by atoms with van der Waals surface area (Å²) in [5.74, 6) is -0.463. The number of carbonyl (C=O) groups excluding carboxylic acids is 4. The Morgan fingerprint density at radius 1 is 0.287 bits per heavy atom. The maximum absolute atomic E-state index is 13.1. The Balaban J connectivity index is 5.11. The van der Waals surface area contributed by atoms with Crippen LogP contribution < -0.4 is 0 Å². The molecule has 19 heteroatoms. The van der Waals surface area contributed by atoms with E-state index in [-0.39, 0.29) is 25.7 Å². The van der Waals surface area contributed by atoms with E-state index < -0.39 is 97.5 Å². The summed E-state index contributed by atoms with van der Waals surface area (Å²) in [4.78, 5) is 72.8. The van der Waals surface area contributed by atoms with E-state index in [9.17, 15) is 43.2 Å². The summed E-state index contributed by atoms with van der Waals surface area (Å²) in [6.45, 7) is 9.64. The first-order valence-corrected chi connectivity index (χ1v) is 45.5. The summed E-state index contributed by atoms with van der Waals surface area (Å²) < 4.78 is 68.5. The van der Waals surface area contributed by atoms with E-state index in [0.29, 0.717) is 25.7 Å². The van der Waals surface area contributed by atoms with Crippen LogP contribution in [-0.4, -0.2) is 96.7 Å². The van der Waals surface area contributed by atoms with Crippen LogP contribution in [0, 0.1) is 11.8 Å². The SMILES string of the molecule is CCCCCCCCCCCCCCCCCCCCCC(=O)OC[C@H](COP(=O)(O)OC[C@@H](O)COP(=O)(O)OC[C@@H](COC(=O)CCCCCCC)OC(=O)CCCCCCCCCCCCCCCCC(C)CC)OC(=O)CCCCCCCCCCCCCCCCCCC(C)C. The van der Waals surface area contributed by atoms with Crippen molar-refractivity contribution in [3.63, 3.8) is 0 Å². The van der Waals surface area contributed by atoms with Gasteiger partial charge in [0.1, 0.15) is 19.3 Å². The molecule has 101 heavy (non-hydrogen) atoms. The van der Waals surface area contributed by atoms with E-state index in [2.05, 4.69) is 41.5 Å². The number of aliphatic hydroxyl groups excluding tert-OH is 1. The van der Waals surface area contributed by atoms with Crippen molar-refractivity contribution in [2.24, 2.45) is 11.8 Å². The Kier molecular flexibility index (Phi) is 72.2. The molecule has 600 valence electrons. The number of ether oxygens (including phenoxy) is 4. The lowest BCUT2D eigenvalue weighted by Gasteiger charge is -2.21. The molecule has 3 unspecified atom stereocenters. The van der Waals surface area contributed by atoms with E-state index in [4.69, 9.17) is 37.0 Å². The van der Waals surface area contributed by atoms with Gasteiger partial charge in [-0.05, 0) is 37.5 Å². The van der Waals surface area contributed by atoms with Crippen LogP contribution in [0.5, 0.6) is 0 Å². The van der Waals surface area contributed by atoms with E-state index in [1.807, 2.05) is 0 Å². The number of unbranched alkanes of at least 4 members (excludes halogenated alkanes) is 50. The fourth-order valence-electron chi connectivity index (χ4n) is 12.7. The van der Waals surface area contributed by atoms with Gasteiger partial charge in [0.15, 0.2) is 12.2 Å². The largest absolute Gasteiger partial charge is 0.472 e. The molecule has 0 saturated carbocycles. The standard InChI is InChI=1S/C82H160O17P2/c1-7-10-12-14-15-16-17-18-19-20-21-22-26-32-37-42-47-53-59-65-80(85)93-71-78(99-82(87)67-61-54-48-43-38-33-27-24-23-25-30-35-40-45-51-56-62-74(4)5)73-97-101(90,91)95-69-76(83)68-94-100(88,89)96-72-77(70-92-79(84)64-58-50-13-11-8-2)98-81(86)66-60-55-49-44-39-34-29-28-31-36-41-46-52-57-63-75(6)9-3/h74-78,83H,7-73H2,1-6H3,(H,88,89)(H,90,91)/t75?,76-,77+,78+/m0/s1. The van der Waals surface area contributed by atoms with Crippen molar-refractivity contribution in [3.8, 4) is 0 Å². The number of rotatable bonds is 81.